The van der Waals surface area contributed by atoms with Gasteiger partial charge in [0.25, 0.3) is 0 Å². The van der Waals surface area contributed by atoms with Crippen LogP contribution in [0.3, 0.4) is 0 Å². The molecule has 1 aliphatic rings. The average molecular weight is 286 g/mol. The van der Waals surface area contributed by atoms with Gasteiger partial charge in [-0.25, -0.2) is 0 Å². The molecule has 100 valence electrons. The topological polar surface area (TPSA) is 29.1 Å². The number of amides is 1. The van der Waals surface area contributed by atoms with Crippen molar-refractivity contribution < 1.29 is 4.79 Å². The lowest BCUT2D eigenvalue weighted by atomic mass is 9.80. The summed E-state index contributed by atoms with van der Waals surface area (Å²) in [6, 6.07) is 3.99. The third-order valence-corrected chi connectivity index (χ3v) is 5.01. The molecule has 0 saturated heterocycles. The summed E-state index contributed by atoms with van der Waals surface area (Å²) in [5, 5.41) is 5.07. The van der Waals surface area contributed by atoms with E-state index in [4.69, 9.17) is 11.6 Å². The lowest BCUT2D eigenvalue weighted by Gasteiger charge is -2.30. The molecule has 1 amide bonds. The highest BCUT2D eigenvalue weighted by molar-refractivity contribution is 7.10. The molecule has 1 aromatic rings. The second-order valence-electron chi connectivity index (χ2n) is 5.02. The van der Waals surface area contributed by atoms with E-state index in [1.165, 1.54) is 25.7 Å². The maximum atomic E-state index is 11.8. The fraction of sp³-hybridized carbons (Fsp3) is 0.643. The minimum Gasteiger partial charge on any atom is -0.356 e. The van der Waals surface area contributed by atoms with Crippen LogP contribution < -0.4 is 5.32 Å². The smallest absolute Gasteiger partial charge is 0.225 e. The van der Waals surface area contributed by atoms with Crippen LogP contribution in [0.2, 0.25) is 0 Å². The number of rotatable bonds is 5. The molecule has 0 radical (unpaired) electrons. The Morgan fingerprint density at radius 1 is 1.39 bits per heavy atom. The van der Waals surface area contributed by atoms with Gasteiger partial charge in [-0.3, -0.25) is 4.79 Å². The van der Waals surface area contributed by atoms with Gasteiger partial charge in [0, 0.05) is 17.3 Å². The van der Waals surface area contributed by atoms with Crippen molar-refractivity contribution in [2.24, 2.45) is 11.8 Å². The van der Waals surface area contributed by atoms with E-state index in [0.29, 0.717) is 18.3 Å². The molecule has 1 saturated carbocycles. The summed E-state index contributed by atoms with van der Waals surface area (Å²) >= 11 is 7.63. The molecule has 0 spiro atoms. The molecule has 18 heavy (non-hydrogen) atoms. The third-order valence-electron chi connectivity index (χ3n) is 3.74. The normalized spacial score (nSPS) is 23.8. The van der Waals surface area contributed by atoms with E-state index in [-0.39, 0.29) is 5.91 Å². The number of carbonyl (C=O) groups excluding carboxylic acids is 1. The van der Waals surface area contributed by atoms with E-state index in [1.54, 1.807) is 11.3 Å². The highest BCUT2D eigenvalue weighted by Crippen LogP contribution is 2.30. The predicted molar refractivity (Wildman–Crippen MR) is 77.2 cm³/mol. The molecule has 4 heteroatoms. The van der Waals surface area contributed by atoms with Gasteiger partial charge in [-0.05, 0) is 36.1 Å². The minimum atomic E-state index is 0.136. The second-order valence-corrected chi connectivity index (χ2v) is 6.36. The highest BCUT2D eigenvalue weighted by Gasteiger charge is 2.24. The molecule has 0 bridgehead atoms. The van der Waals surface area contributed by atoms with Gasteiger partial charge in [0.1, 0.15) is 0 Å². The first-order chi connectivity index (χ1) is 8.79. The van der Waals surface area contributed by atoms with Crippen LogP contribution >= 0.6 is 22.9 Å². The van der Waals surface area contributed by atoms with Crippen LogP contribution in [0.1, 0.15) is 30.6 Å². The number of nitrogens with one attached hydrogen (secondary N) is 1. The van der Waals surface area contributed by atoms with Gasteiger partial charge in [0.05, 0.1) is 6.42 Å². The maximum Gasteiger partial charge on any atom is 0.225 e. The molecule has 1 N–H and O–H groups in total. The molecule has 1 aromatic heterocycles. The van der Waals surface area contributed by atoms with E-state index < -0.39 is 0 Å². The van der Waals surface area contributed by atoms with Crippen molar-refractivity contribution in [2.45, 2.75) is 32.1 Å². The number of carbonyl (C=O) groups is 1. The van der Waals surface area contributed by atoms with Crippen molar-refractivity contribution in [1.29, 1.82) is 0 Å². The highest BCUT2D eigenvalue weighted by atomic mass is 35.5. The quantitative estimate of drug-likeness (QED) is 0.825. The van der Waals surface area contributed by atoms with Crippen molar-refractivity contribution >= 4 is 28.8 Å². The molecule has 1 fully saturated rings. The number of thiophene rings is 1. The predicted octanol–water partition coefficient (Wildman–Crippen LogP) is 3.45. The summed E-state index contributed by atoms with van der Waals surface area (Å²) in [5.74, 6) is 2.02. The van der Waals surface area contributed by atoms with E-state index in [2.05, 4.69) is 5.32 Å². The molecule has 2 unspecified atom stereocenters. The van der Waals surface area contributed by atoms with Crippen LogP contribution in [0.4, 0.5) is 0 Å². The van der Waals surface area contributed by atoms with E-state index in [9.17, 15) is 4.79 Å². The Morgan fingerprint density at radius 2 is 2.17 bits per heavy atom. The van der Waals surface area contributed by atoms with Crippen molar-refractivity contribution in [2.75, 3.05) is 12.4 Å². The lowest BCUT2D eigenvalue weighted by molar-refractivity contribution is -0.120. The number of halogens is 1. The standard InChI is InChI=1S/C14H20ClNOS/c15-9-11-4-1-2-5-12(11)10-16-14(17)8-13-6-3-7-18-13/h3,6-7,11-12H,1-2,4-5,8-10H2,(H,16,17). The molecule has 1 aliphatic carbocycles. The van der Waals surface area contributed by atoms with E-state index >= 15 is 0 Å². The van der Waals surface area contributed by atoms with Crippen molar-refractivity contribution in [3.63, 3.8) is 0 Å². The molecular weight excluding hydrogens is 266 g/mol. The van der Waals surface area contributed by atoms with Gasteiger partial charge >= 0.3 is 0 Å². The third kappa shape index (κ3) is 3.99. The molecule has 2 nitrogen and oxygen atoms in total. The zero-order valence-electron chi connectivity index (χ0n) is 10.5. The Balaban J connectivity index is 1.74. The first kappa shape index (κ1) is 13.9. The first-order valence-corrected chi connectivity index (χ1v) is 8.06. The monoisotopic (exact) mass is 285 g/mol. The number of alkyl halides is 1. The summed E-state index contributed by atoms with van der Waals surface area (Å²) in [6.07, 6.45) is 5.50. The Labute approximate surface area is 118 Å². The van der Waals surface area contributed by atoms with Crippen molar-refractivity contribution in [1.82, 2.24) is 5.32 Å². The largest absolute Gasteiger partial charge is 0.356 e. The van der Waals surface area contributed by atoms with Crippen molar-refractivity contribution in [3.05, 3.63) is 22.4 Å². The van der Waals surface area contributed by atoms with Crippen LogP contribution in [-0.2, 0) is 11.2 Å². The van der Waals surface area contributed by atoms with Crippen LogP contribution in [0, 0.1) is 11.8 Å². The number of hydrogen-bond acceptors (Lipinski definition) is 2. The van der Waals surface area contributed by atoms with Crippen LogP contribution in [0.15, 0.2) is 17.5 Å². The Morgan fingerprint density at radius 3 is 2.83 bits per heavy atom. The summed E-state index contributed by atoms with van der Waals surface area (Å²) < 4.78 is 0. The summed E-state index contributed by atoms with van der Waals surface area (Å²) in [5.41, 5.74) is 0. The van der Waals surface area contributed by atoms with Gasteiger partial charge in [-0.15, -0.1) is 22.9 Å². The Hall–Kier alpha value is -0.540. The molecule has 2 rings (SSSR count). The molecule has 0 aliphatic heterocycles. The van der Waals surface area contributed by atoms with Gasteiger partial charge in [-0.2, -0.15) is 0 Å². The van der Waals surface area contributed by atoms with Crippen LogP contribution in [0.5, 0.6) is 0 Å². The van der Waals surface area contributed by atoms with Crippen LogP contribution in [-0.4, -0.2) is 18.3 Å². The SMILES string of the molecule is O=C(Cc1cccs1)NCC1CCCCC1CCl. The Kier molecular flexibility index (Phi) is 5.51. The minimum absolute atomic E-state index is 0.136. The fourth-order valence-corrected chi connectivity index (χ4v) is 3.74. The molecular formula is C14H20ClNOS. The fourth-order valence-electron chi connectivity index (χ4n) is 2.64. The van der Waals surface area contributed by atoms with Crippen molar-refractivity contribution in [3.8, 4) is 0 Å². The first-order valence-electron chi connectivity index (χ1n) is 6.64. The van der Waals surface area contributed by atoms with Gasteiger partial charge in [-0.1, -0.05) is 18.9 Å². The molecule has 1 heterocycles. The Bertz CT molecular complexity index is 366. The van der Waals surface area contributed by atoms with E-state index in [0.717, 1.165) is 17.3 Å². The van der Waals surface area contributed by atoms with Gasteiger partial charge in [0.2, 0.25) is 5.91 Å². The number of hydrogen-bond donors (Lipinski definition) is 1. The average Bonchev–Trinajstić information content (AvgIpc) is 2.89. The second kappa shape index (κ2) is 7.15. The van der Waals surface area contributed by atoms with Crippen LogP contribution in [0.25, 0.3) is 0 Å². The zero-order valence-corrected chi connectivity index (χ0v) is 12.1. The molecule has 2 atom stereocenters. The van der Waals surface area contributed by atoms with Gasteiger partial charge in [0.15, 0.2) is 0 Å². The summed E-state index contributed by atoms with van der Waals surface area (Å²) in [7, 11) is 0. The maximum absolute atomic E-state index is 11.8. The summed E-state index contributed by atoms with van der Waals surface area (Å²) in [4.78, 5) is 12.9. The van der Waals surface area contributed by atoms with Gasteiger partial charge < -0.3 is 5.32 Å². The zero-order chi connectivity index (χ0) is 12.8. The summed E-state index contributed by atoms with van der Waals surface area (Å²) in [6.45, 7) is 0.793. The lowest BCUT2D eigenvalue weighted by Crippen LogP contribution is -2.35. The van der Waals surface area contributed by atoms with E-state index in [1.807, 2.05) is 17.5 Å². The molecule has 0 aromatic carbocycles.